The van der Waals surface area contributed by atoms with Crippen molar-refractivity contribution >= 4 is 11.8 Å². The molecule has 0 heterocycles. The van der Waals surface area contributed by atoms with Crippen LogP contribution in [0.2, 0.25) is 0 Å². The minimum atomic E-state index is 0.535. The van der Waals surface area contributed by atoms with Crippen LogP contribution in [0.5, 0.6) is 0 Å². The fraction of sp³-hybridized carbons (Fsp3) is 0.143. The second-order valence-electron chi connectivity index (χ2n) is 3.74. The van der Waals surface area contributed by atoms with Gasteiger partial charge in [-0.15, -0.1) is 0 Å². The molecule has 0 aliphatic heterocycles. The third kappa shape index (κ3) is 2.84. The summed E-state index contributed by atoms with van der Waals surface area (Å²) in [6, 6.07) is 7.93. The van der Waals surface area contributed by atoms with Gasteiger partial charge in [0.1, 0.15) is 0 Å². The highest BCUT2D eigenvalue weighted by atomic mass is 14.5. The van der Waals surface area contributed by atoms with Gasteiger partial charge in [-0.3, -0.25) is 0 Å². The smallest absolute Gasteiger partial charge is 0.0314 e. The number of anilines is 1. The number of nitrogen functional groups attached to an aromatic ring is 1. The van der Waals surface area contributed by atoms with E-state index in [1.54, 1.807) is 0 Å². The van der Waals surface area contributed by atoms with Gasteiger partial charge in [0.05, 0.1) is 0 Å². The van der Waals surface area contributed by atoms with Gasteiger partial charge in [-0.1, -0.05) is 48.6 Å². The van der Waals surface area contributed by atoms with Crippen LogP contribution in [-0.2, 0) is 0 Å². The SMILES string of the molecule is Nc1ccc(/C=C/[C@H]2C=CC=CC2)cc1. The summed E-state index contributed by atoms with van der Waals surface area (Å²) in [5, 5.41) is 0. The van der Waals surface area contributed by atoms with E-state index in [0.717, 1.165) is 12.1 Å². The highest BCUT2D eigenvalue weighted by molar-refractivity contribution is 5.53. The van der Waals surface area contributed by atoms with Gasteiger partial charge in [-0.05, 0) is 30.0 Å². The molecule has 0 saturated carbocycles. The summed E-state index contributed by atoms with van der Waals surface area (Å²) in [5.74, 6) is 0.535. The van der Waals surface area contributed by atoms with E-state index < -0.39 is 0 Å². The lowest BCUT2D eigenvalue weighted by atomic mass is 9.99. The van der Waals surface area contributed by atoms with Crippen LogP contribution < -0.4 is 5.73 Å². The maximum Gasteiger partial charge on any atom is 0.0314 e. The normalized spacial score (nSPS) is 19.9. The highest BCUT2D eigenvalue weighted by Gasteiger charge is 1.99. The van der Waals surface area contributed by atoms with E-state index in [4.69, 9.17) is 5.73 Å². The molecule has 1 aromatic rings. The number of benzene rings is 1. The molecule has 0 bridgehead atoms. The lowest BCUT2D eigenvalue weighted by molar-refractivity contribution is 0.826. The molecule has 1 aliphatic rings. The van der Waals surface area contributed by atoms with E-state index >= 15 is 0 Å². The average molecular weight is 197 g/mol. The summed E-state index contributed by atoms with van der Waals surface area (Å²) < 4.78 is 0. The van der Waals surface area contributed by atoms with Crippen LogP contribution >= 0.6 is 0 Å². The largest absolute Gasteiger partial charge is 0.399 e. The number of nitrogens with two attached hydrogens (primary N) is 1. The maximum absolute atomic E-state index is 5.62. The Morgan fingerprint density at radius 3 is 2.60 bits per heavy atom. The van der Waals surface area contributed by atoms with Gasteiger partial charge < -0.3 is 5.73 Å². The van der Waals surface area contributed by atoms with Gasteiger partial charge >= 0.3 is 0 Å². The summed E-state index contributed by atoms with van der Waals surface area (Å²) in [4.78, 5) is 0. The molecule has 0 spiro atoms. The van der Waals surface area contributed by atoms with E-state index in [9.17, 15) is 0 Å². The molecule has 1 aliphatic carbocycles. The van der Waals surface area contributed by atoms with Gasteiger partial charge in [-0.25, -0.2) is 0 Å². The molecule has 0 saturated heterocycles. The summed E-state index contributed by atoms with van der Waals surface area (Å²) >= 11 is 0. The first-order chi connectivity index (χ1) is 7.34. The Bertz CT molecular complexity index is 396. The first-order valence-electron chi connectivity index (χ1n) is 5.22. The minimum Gasteiger partial charge on any atom is -0.399 e. The van der Waals surface area contributed by atoms with E-state index in [-0.39, 0.29) is 0 Å². The number of allylic oxidation sites excluding steroid dienone is 5. The number of hydrogen-bond donors (Lipinski definition) is 1. The fourth-order valence-corrected chi connectivity index (χ4v) is 1.58. The topological polar surface area (TPSA) is 26.0 Å². The van der Waals surface area contributed by atoms with Crippen molar-refractivity contribution in [2.75, 3.05) is 5.73 Å². The molecule has 0 unspecified atom stereocenters. The molecule has 1 aromatic carbocycles. The molecule has 0 fully saturated rings. The molecule has 1 nitrogen and oxygen atoms in total. The van der Waals surface area contributed by atoms with Gasteiger partial charge in [0, 0.05) is 5.69 Å². The van der Waals surface area contributed by atoms with Gasteiger partial charge in [0.25, 0.3) is 0 Å². The van der Waals surface area contributed by atoms with Crippen LogP contribution in [0.15, 0.2) is 54.6 Å². The van der Waals surface area contributed by atoms with Crippen molar-refractivity contribution < 1.29 is 0 Å². The first-order valence-corrected chi connectivity index (χ1v) is 5.22. The molecule has 0 radical (unpaired) electrons. The Kier molecular flexibility index (Phi) is 3.03. The molecule has 2 rings (SSSR count). The summed E-state index contributed by atoms with van der Waals surface area (Å²) in [6.07, 6.45) is 14.1. The third-order valence-electron chi connectivity index (χ3n) is 2.49. The molecule has 0 amide bonds. The van der Waals surface area contributed by atoms with Gasteiger partial charge in [-0.2, -0.15) is 0 Å². The van der Waals surface area contributed by atoms with Crippen LogP contribution in [0.25, 0.3) is 6.08 Å². The molecule has 1 heteroatoms. The second kappa shape index (κ2) is 4.65. The minimum absolute atomic E-state index is 0.535. The summed E-state index contributed by atoms with van der Waals surface area (Å²) in [5.41, 5.74) is 7.63. The van der Waals surface area contributed by atoms with E-state index in [0.29, 0.717) is 5.92 Å². The van der Waals surface area contributed by atoms with Crippen molar-refractivity contribution in [1.82, 2.24) is 0 Å². The standard InChI is InChI=1S/C14H15N/c15-14-10-8-13(9-11-14)7-6-12-4-2-1-3-5-12/h1-4,6-12H,5,15H2/b7-6+/t12-/m0/s1. The fourth-order valence-electron chi connectivity index (χ4n) is 1.58. The predicted octanol–water partition coefficient (Wildman–Crippen LogP) is 3.41. The molecule has 76 valence electrons. The van der Waals surface area contributed by atoms with Crippen LogP contribution in [0, 0.1) is 5.92 Å². The lowest BCUT2D eigenvalue weighted by Gasteiger charge is -2.06. The summed E-state index contributed by atoms with van der Waals surface area (Å²) in [7, 11) is 0. The third-order valence-corrected chi connectivity index (χ3v) is 2.49. The van der Waals surface area contributed by atoms with E-state index in [1.165, 1.54) is 5.56 Å². The van der Waals surface area contributed by atoms with Crippen molar-refractivity contribution in [3.63, 3.8) is 0 Å². The van der Waals surface area contributed by atoms with Crippen molar-refractivity contribution in [1.29, 1.82) is 0 Å². The molecule has 1 atom stereocenters. The Morgan fingerprint density at radius 2 is 1.93 bits per heavy atom. The molecule has 15 heavy (non-hydrogen) atoms. The van der Waals surface area contributed by atoms with Crippen LogP contribution in [0.1, 0.15) is 12.0 Å². The summed E-state index contributed by atoms with van der Waals surface area (Å²) in [6.45, 7) is 0. The molecular weight excluding hydrogens is 182 g/mol. The maximum atomic E-state index is 5.62. The Labute approximate surface area is 90.6 Å². The van der Waals surface area contributed by atoms with Crippen molar-refractivity contribution in [2.24, 2.45) is 5.92 Å². The zero-order valence-electron chi connectivity index (χ0n) is 8.64. The van der Waals surface area contributed by atoms with Crippen molar-refractivity contribution in [3.8, 4) is 0 Å². The first kappa shape index (κ1) is 9.78. The van der Waals surface area contributed by atoms with Gasteiger partial charge in [0.15, 0.2) is 0 Å². The average Bonchev–Trinajstić information content (AvgIpc) is 2.30. The van der Waals surface area contributed by atoms with Gasteiger partial charge in [0.2, 0.25) is 0 Å². The van der Waals surface area contributed by atoms with Crippen molar-refractivity contribution in [3.05, 3.63) is 60.2 Å². The Hall–Kier alpha value is -1.76. The lowest BCUT2D eigenvalue weighted by Crippen LogP contribution is -1.91. The van der Waals surface area contributed by atoms with Crippen LogP contribution in [0.4, 0.5) is 5.69 Å². The van der Waals surface area contributed by atoms with E-state index in [1.807, 2.05) is 24.3 Å². The quantitative estimate of drug-likeness (QED) is 0.722. The number of hydrogen-bond acceptors (Lipinski definition) is 1. The predicted molar refractivity (Wildman–Crippen MR) is 66.3 cm³/mol. The van der Waals surface area contributed by atoms with Crippen molar-refractivity contribution in [2.45, 2.75) is 6.42 Å². The highest BCUT2D eigenvalue weighted by Crippen LogP contribution is 2.15. The number of rotatable bonds is 2. The van der Waals surface area contributed by atoms with E-state index in [2.05, 4.69) is 36.5 Å². The second-order valence-corrected chi connectivity index (χ2v) is 3.74. The van der Waals surface area contributed by atoms with Crippen LogP contribution in [0.3, 0.4) is 0 Å². The molecule has 2 N–H and O–H groups in total. The zero-order chi connectivity index (χ0) is 10.5. The zero-order valence-corrected chi connectivity index (χ0v) is 8.64. The Balaban J connectivity index is 2.02. The Morgan fingerprint density at radius 1 is 1.13 bits per heavy atom. The van der Waals surface area contributed by atoms with Crippen LogP contribution in [-0.4, -0.2) is 0 Å². The molecular formula is C14H15N. The molecule has 0 aromatic heterocycles. The monoisotopic (exact) mass is 197 g/mol.